The van der Waals surface area contributed by atoms with Gasteiger partial charge in [-0.15, -0.1) is 0 Å². The zero-order valence-electron chi connectivity index (χ0n) is 10.7. The maximum absolute atomic E-state index is 11.9. The lowest BCUT2D eigenvalue weighted by molar-refractivity contribution is 0.0182. The summed E-state index contributed by atoms with van der Waals surface area (Å²) in [4.78, 5) is 11.9. The number of Topliss-reactive ketones (excluding diaryl/α,β-unsaturated/α-hetero) is 1. The minimum absolute atomic E-state index is 0.0323. The minimum atomic E-state index is 0.0323. The van der Waals surface area contributed by atoms with Crippen LogP contribution in [0.4, 0.5) is 0 Å². The van der Waals surface area contributed by atoms with Gasteiger partial charge in [-0.1, -0.05) is 31.4 Å². The molecule has 98 valence electrons. The van der Waals surface area contributed by atoms with E-state index < -0.39 is 0 Å². The lowest BCUT2D eigenvalue weighted by atomic mass is 9.89. The van der Waals surface area contributed by atoms with E-state index >= 15 is 0 Å². The van der Waals surface area contributed by atoms with Gasteiger partial charge in [0.05, 0.1) is 6.10 Å². The molecule has 0 spiro atoms. The number of hydrogen-bond donors (Lipinski definition) is 0. The molecule has 2 atom stereocenters. The summed E-state index contributed by atoms with van der Waals surface area (Å²) in [6, 6.07) is 6.96. The summed E-state index contributed by atoms with van der Waals surface area (Å²) in [5.41, 5.74) is 0.670. The molecule has 1 aromatic carbocycles. The van der Waals surface area contributed by atoms with Gasteiger partial charge < -0.3 is 4.74 Å². The van der Waals surface area contributed by atoms with Gasteiger partial charge >= 0.3 is 0 Å². The fourth-order valence-corrected chi connectivity index (χ4v) is 2.57. The molecule has 0 amide bonds. The lowest BCUT2D eigenvalue weighted by Crippen LogP contribution is -2.24. The minimum Gasteiger partial charge on any atom is -0.370 e. The molecule has 0 saturated heterocycles. The second kappa shape index (κ2) is 6.35. The van der Waals surface area contributed by atoms with Crippen molar-refractivity contribution >= 4 is 17.4 Å². The summed E-state index contributed by atoms with van der Waals surface area (Å²) in [5.74, 6) is 0.749. The van der Waals surface area contributed by atoms with Crippen LogP contribution in [0, 0.1) is 5.92 Å². The zero-order chi connectivity index (χ0) is 13.0. The average Bonchev–Trinajstić information content (AvgIpc) is 2.37. The molecule has 1 fully saturated rings. The zero-order valence-corrected chi connectivity index (χ0v) is 11.5. The quantitative estimate of drug-likeness (QED) is 0.767. The summed E-state index contributed by atoms with van der Waals surface area (Å²) < 4.78 is 5.72. The van der Waals surface area contributed by atoms with Gasteiger partial charge in [-0.3, -0.25) is 4.79 Å². The number of ether oxygens (including phenoxy) is 1. The number of benzene rings is 1. The number of carbonyl (C=O) groups is 1. The summed E-state index contributed by atoms with van der Waals surface area (Å²) >= 11 is 5.79. The first-order valence-corrected chi connectivity index (χ1v) is 6.93. The largest absolute Gasteiger partial charge is 0.370 e. The highest BCUT2D eigenvalue weighted by Crippen LogP contribution is 2.25. The van der Waals surface area contributed by atoms with Crippen LogP contribution < -0.4 is 0 Å². The first-order valence-electron chi connectivity index (χ1n) is 6.55. The molecule has 18 heavy (non-hydrogen) atoms. The second-order valence-electron chi connectivity index (χ2n) is 5.13. The molecule has 1 aliphatic carbocycles. The van der Waals surface area contributed by atoms with Gasteiger partial charge in [0.1, 0.15) is 6.61 Å². The third-order valence-electron chi connectivity index (χ3n) is 3.50. The molecule has 0 aliphatic heterocycles. The van der Waals surface area contributed by atoms with Crippen molar-refractivity contribution in [2.45, 2.75) is 38.7 Å². The van der Waals surface area contributed by atoms with Crippen molar-refractivity contribution in [2.75, 3.05) is 6.61 Å². The summed E-state index contributed by atoms with van der Waals surface area (Å²) in [7, 11) is 0. The Kier molecular flexibility index (Phi) is 4.79. The molecular formula is C15H19ClO2. The van der Waals surface area contributed by atoms with Crippen LogP contribution in [0.25, 0.3) is 0 Å². The van der Waals surface area contributed by atoms with Crippen LogP contribution in [-0.4, -0.2) is 18.5 Å². The van der Waals surface area contributed by atoms with Gasteiger partial charge in [0.2, 0.25) is 0 Å². The van der Waals surface area contributed by atoms with Gasteiger partial charge in [-0.25, -0.2) is 0 Å². The van der Waals surface area contributed by atoms with Crippen molar-refractivity contribution in [3.05, 3.63) is 34.9 Å². The van der Waals surface area contributed by atoms with Gasteiger partial charge in [-0.2, -0.15) is 0 Å². The highest BCUT2D eigenvalue weighted by Gasteiger charge is 2.20. The molecular weight excluding hydrogens is 248 g/mol. The SMILES string of the molecule is CC1CCCC(OCC(=O)c2ccc(Cl)cc2)C1. The molecule has 2 unspecified atom stereocenters. The molecule has 1 aromatic rings. The molecule has 0 bridgehead atoms. The Labute approximate surface area is 113 Å². The Morgan fingerprint density at radius 1 is 1.33 bits per heavy atom. The van der Waals surface area contributed by atoms with E-state index in [0.29, 0.717) is 10.6 Å². The first kappa shape index (κ1) is 13.6. The topological polar surface area (TPSA) is 26.3 Å². The Hall–Kier alpha value is -0.860. The van der Waals surface area contributed by atoms with Crippen LogP contribution in [0.3, 0.4) is 0 Å². The standard InChI is InChI=1S/C15H19ClO2/c1-11-3-2-4-14(9-11)18-10-15(17)12-5-7-13(16)8-6-12/h5-8,11,14H,2-4,9-10H2,1H3. The van der Waals surface area contributed by atoms with E-state index in [1.165, 1.54) is 12.8 Å². The van der Waals surface area contributed by atoms with E-state index in [1.807, 2.05) is 0 Å². The van der Waals surface area contributed by atoms with Crippen molar-refractivity contribution in [1.29, 1.82) is 0 Å². The van der Waals surface area contributed by atoms with Crippen LogP contribution in [-0.2, 0) is 4.74 Å². The first-order chi connectivity index (χ1) is 8.65. The van der Waals surface area contributed by atoms with Crippen molar-refractivity contribution in [3.63, 3.8) is 0 Å². The summed E-state index contributed by atoms with van der Waals surface area (Å²) in [6.45, 7) is 2.43. The van der Waals surface area contributed by atoms with Crippen LogP contribution >= 0.6 is 11.6 Å². The maximum atomic E-state index is 11.9. The molecule has 0 aromatic heterocycles. The molecule has 0 N–H and O–H groups in total. The van der Waals surface area contributed by atoms with Crippen molar-refractivity contribution in [2.24, 2.45) is 5.92 Å². The number of halogens is 1. The smallest absolute Gasteiger partial charge is 0.188 e. The fourth-order valence-electron chi connectivity index (χ4n) is 2.44. The number of rotatable bonds is 4. The summed E-state index contributed by atoms with van der Waals surface area (Å²) in [6.07, 6.45) is 4.91. The Balaban J connectivity index is 1.82. The monoisotopic (exact) mass is 266 g/mol. The van der Waals surface area contributed by atoms with Crippen LogP contribution in [0.2, 0.25) is 5.02 Å². The average molecular weight is 267 g/mol. The third kappa shape index (κ3) is 3.82. The van der Waals surface area contributed by atoms with Crippen molar-refractivity contribution in [3.8, 4) is 0 Å². The highest BCUT2D eigenvalue weighted by molar-refractivity contribution is 6.30. The normalized spacial score (nSPS) is 23.9. The van der Waals surface area contributed by atoms with Gasteiger partial charge in [0, 0.05) is 10.6 Å². The highest BCUT2D eigenvalue weighted by atomic mass is 35.5. The Bertz CT molecular complexity index is 399. The van der Waals surface area contributed by atoms with E-state index in [-0.39, 0.29) is 18.5 Å². The fraction of sp³-hybridized carbons (Fsp3) is 0.533. The number of ketones is 1. The van der Waals surface area contributed by atoms with Gasteiger partial charge in [-0.05, 0) is 43.0 Å². The van der Waals surface area contributed by atoms with E-state index in [9.17, 15) is 4.79 Å². The van der Waals surface area contributed by atoms with Crippen LogP contribution in [0.5, 0.6) is 0 Å². The van der Waals surface area contributed by atoms with Gasteiger partial charge in [0.25, 0.3) is 0 Å². The Morgan fingerprint density at radius 3 is 2.72 bits per heavy atom. The molecule has 1 saturated carbocycles. The molecule has 0 heterocycles. The Morgan fingerprint density at radius 2 is 2.06 bits per heavy atom. The van der Waals surface area contributed by atoms with Crippen LogP contribution in [0.1, 0.15) is 43.0 Å². The molecule has 1 aliphatic rings. The maximum Gasteiger partial charge on any atom is 0.188 e. The van der Waals surface area contributed by atoms with Crippen molar-refractivity contribution < 1.29 is 9.53 Å². The molecule has 3 heteroatoms. The van der Waals surface area contributed by atoms with E-state index in [0.717, 1.165) is 18.8 Å². The molecule has 2 nitrogen and oxygen atoms in total. The van der Waals surface area contributed by atoms with Gasteiger partial charge in [0.15, 0.2) is 5.78 Å². The lowest BCUT2D eigenvalue weighted by Gasteiger charge is -2.26. The predicted octanol–water partition coefficient (Wildman–Crippen LogP) is 4.12. The molecule has 0 radical (unpaired) electrons. The predicted molar refractivity (Wildman–Crippen MR) is 73.2 cm³/mol. The number of hydrogen-bond acceptors (Lipinski definition) is 2. The third-order valence-corrected chi connectivity index (χ3v) is 3.76. The van der Waals surface area contributed by atoms with E-state index in [1.54, 1.807) is 24.3 Å². The van der Waals surface area contributed by atoms with Crippen LogP contribution in [0.15, 0.2) is 24.3 Å². The van der Waals surface area contributed by atoms with E-state index in [2.05, 4.69) is 6.92 Å². The van der Waals surface area contributed by atoms with Crippen molar-refractivity contribution in [1.82, 2.24) is 0 Å². The second-order valence-corrected chi connectivity index (χ2v) is 5.57. The molecule has 2 rings (SSSR count). The van der Waals surface area contributed by atoms with E-state index in [4.69, 9.17) is 16.3 Å². The summed E-state index contributed by atoms with van der Waals surface area (Å²) in [5, 5.41) is 0.647. The number of carbonyl (C=O) groups excluding carboxylic acids is 1.